The smallest absolute Gasteiger partial charge is 0.194 e. The summed E-state index contributed by atoms with van der Waals surface area (Å²) in [5.74, 6) is 0.905. The zero-order chi connectivity index (χ0) is 14.1. The minimum Gasteiger partial charge on any atom is -0.383 e. The van der Waals surface area contributed by atoms with Gasteiger partial charge in [-0.2, -0.15) is 0 Å². The topological polar surface area (TPSA) is 36.9 Å². The minimum atomic E-state index is 0. The van der Waals surface area contributed by atoms with Gasteiger partial charge in [0.15, 0.2) is 5.96 Å². The van der Waals surface area contributed by atoms with Crippen LogP contribution >= 0.6 is 39.9 Å². The predicted molar refractivity (Wildman–Crippen MR) is 98.9 cm³/mol. The van der Waals surface area contributed by atoms with E-state index < -0.39 is 0 Å². The maximum Gasteiger partial charge on any atom is 0.194 e. The Morgan fingerprint density at radius 1 is 1.35 bits per heavy atom. The van der Waals surface area contributed by atoms with Crippen molar-refractivity contribution >= 4 is 45.9 Å². The molecule has 0 radical (unpaired) electrons. The predicted octanol–water partition coefficient (Wildman–Crippen LogP) is 3.11. The molecule has 0 aliphatic carbocycles. The largest absolute Gasteiger partial charge is 0.383 e. The van der Waals surface area contributed by atoms with E-state index in [1.54, 1.807) is 7.11 Å². The van der Waals surface area contributed by atoms with E-state index in [1.807, 2.05) is 7.05 Å². The third-order valence-corrected chi connectivity index (χ3v) is 3.12. The third kappa shape index (κ3) is 7.44. The highest BCUT2D eigenvalue weighted by Crippen LogP contribution is 2.11. The standard InChI is InChI=1S/C14H22BrN3O.HI/c1-4-16-14(17-9-10-19-3)18(2)11-12-5-7-13(15)8-6-12;/h5-8H,4,9-11H2,1-3H3,(H,16,17);1H. The molecule has 0 aliphatic heterocycles. The van der Waals surface area contributed by atoms with E-state index in [1.165, 1.54) is 5.56 Å². The van der Waals surface area contributed by atoms with Crippen molar-refractivity contribution < 1.29 is 4.74 Å². The molecule has 6 heteroatoms. The first-order valence-electron chi connectivity index (χ1n) is 6.40. The van der Waals surface area contributed by atoms with E-state index in [4.69, 9.17) is 4.74 Å². The van der Waals surface area contributed by atoms with Gasteiger partial charge >= 0.3 is 0 Å². The van der Waals surface area contributed by atoms with E-state index >= 15 is 0 Å². The van der Waals surface area contributed by atoms with Crippen LogP contribution in [0.5, 0.6) is 0 Å². The molecule has 114 valence electrons. The summed E-state index contributed by atoms with van der Waals surface area (Å²) in [7, 11) is 3.73. The molecule has 1 N–H and O–H groups in total. The molecule has 20 heavy (non-hydrogen) atoms. The lowest BCUT2D eigenvalue weighted by atomic mass is 10.2. The monoisotopic (exact) mass is 455 g/mol. The van der Waals surface area contributed by atoms with Gasteiger partial charge in [0.1, 0.15) is 0 Å². The Morgan fingerprint density at radius 2 is 2.00 bits per heavy atom. The van der Waals surface area contributed by atoms with Crippen LogP contribution in [0.15, 0.2) is 33.7 Å². The maximum atomic E-state index is 5.02. The normalized spacial score (nSPS) is 10.9. The number of benzene rings is 1. The number of hydrogen-bond donors (Lipinski definition) is 1. The summed E-state index contributed by atoms with van der Waals surface area (Å²) >= 11 is 3.44. The first-order chi connectivity index (χ1) is 9.17. The molecule has 0 spiro atoms. The molecular formula is C14H23BrIN3O. The molecule has 0 unspecified atom stereocenters. The number of nitrogens with one attached hydrogen (secondary N) is 1. The third-order valence-electron chi connectivity index (χ3n) is 2.59. The molecule has 0 heterocycles. The summed E-state index contributed by atoms with van der Waals surface area (Å²) in [5, 5.41) is 3.28. The highest BCUT2D eigenvalue weighted by molar-refractivity contribution is 14.0. The highest BCUT2D eigenvalue weighted by atomic mass is 127. The highest BCUT2D eigenvalue weighted by Gasteiger charge is 2.06. The zero-order valence-corrected chi connectivity index (χ0v) is 16.1. The van der Waals surface area contributed by atoms with Gasteiger partial charge in [0, 0.05) is 31.7 Å². The molecule has 0 fully saturated rings. The Hall–Kier alpha value is -0.340. The Balaban J connectivity index is 0.00000361. The van der Waals surface area contributed by atoms with Gasteiger partial charge in [0.25, 0.3) is 0 Å². The van der Waals surface area contributed by atoms with Gasteiger partial charge in [-0.05, 0) is 24.6 Å². The van der Waals surface area contributed by atoms with Crippen LogP contribution in [0.25, 0.3) is 0 Å². The Kier molecular flexibility index (Phi) is 11.1. The molecule has 4 nitrogen and oxygen atoms in total. The van der Waals surface area contributed by atoms with E-state index in [2.05, 4.69) is 62.3 Å². The summed E-state index contributed by atoms with van der Waals surface area (Å²) in [5.41, 5.74) is 1.25. The van der Waals surface area contributed by atoms with Gasteiger partial charge < -0.3 is 15.0 Å². The van der Waals surface area contributed by atoms with E-state index in [9.17, 15) is 0 Å². The first-order valence-corrected chi connectivity index (χ1v) is 7.19. The molecule has 1 aromatic carbocycles. The summed E-state index contributed by atoms with van der Waals surface area (Å²) in [6.07, 6.45) is 0. The lowest BCUT2D eigenvalue weighted by Gasteiger charge is -2.22. The van der Waals surface area contributed by atoms with Gasteiger partial charge in [0.2, 0.25) is 0 Å². The number of ether oxygens (including phenoxy) is 1. The van der Waals surface area contributed by atoms with E-state index in [0.29, 0.717) is 13.2 Å². The number of rotatable bonds is 6. The van der Waals surface area contributed by atoms with Crippen LogP contribution in [-0.2, 0) is 11.3 Å². The van der Waals surface area contributed by atoms with Gasteiger partial charge in [-0.1, -0.05) is 28.1 Å². The fraction of sp³-hybridized carbons (Fsp3) is 0.500. The zero-order valence-electron chi connectivity index (χ0n) is 12.2. The van der Waals surface area contributed by atoms with Crippen LogP contribution in [0.3, 0.4) is 0 Å². The Labute approximate surface area is 147 Å². The molecule has 0 aliphatic rings. The second kappa shape index (κ2) is 11.3. The van der Waals surface area contributed by atoms with Gasteiger partial charge in [-0.15, -0.1) is 24.0 Å². The Morgan fingerprint density at radius 3 is 2.55 bits per heavy atom. The maximum absolute atomic E-state index is 5.02. The number of hydrogen-bond acceptors (Lipinski definition) is 2. The van der Waals surface area contributed by atoms with Crippen molar-refractivity contribution in [1.29, 1.82) is 0 Å². The van der Waals surface area contributed by atoms with Crippen LogP contribution in [0, 0.1) is 0 Å². The molecule has 1 rings (SSSR count). The van der Waals surface area contributed by atoms with Gasteiger partial charge in [0.05, 0.1) is 13.2 Å². The Bertz CT molecular complexity index is 398. The van der Waals surface area contributed by atoms with Crippen molar-refractivity contribution in [1.82, 2.24) is 10.2 Å². The molecular weight excluding hydrogens is 433 g/mol. The lowest BCUT2D eigenvalue weighted by Crippen LogP contribution is -2.38. The molecule has 0 saturated carbocycles. The summed E-state index contributed by atoms with van der Waals surface area (Å²) in [6, 6.07) is 8.33. The van der Waals surface area contributed by atoms with Crippen molar-refractivity contribution in [3.05, 3.63) is 34.3 Å². The average Bonchev–Trinajstić information content (AvgIpc) is 2.40. The summed E-state index contributed by atoms with van der Waals surface area (Å²) in [6.45, 7) is 5.06. The van der Waals surface area contributed by atoms with E-state index in [0.717, 1.165) is 23.5 Å². The quantitative estimate of drug-likeness (QED) is 0.310. The molecule has 0 atom stereocenters. The van der Waals surface area contributed by atoms with Gasteiger partial charge in [-0.3, -0.25) is 4.99 Å². The van der Waals surface area contributed by atoms with Crippen molar-refractivity contribution in [3.63, 3.8) is 0 Å². The number of aliphatic imine (C=N–C) groups is 1. The molecule has 1 aromatic rings. The number of nitrogens with zero attached hydrogens (tertiary/aromatic N) is 2. The average molecular weight is 456 g/mol. The molecule has 0 aromatic heterocycles. The minimum absolute atomic E-state index is 0. The van der Waals surface area contributed by atoms with Crippen molar-refractivity contribution in [2.45, 2.75) is 13.5 Å². The van der Waals surface area contributed by atoms with Crippen LogP contribution in [0.2, 0.25) is 0 Å². The van der Waals surface area contributed by atoms with E-state index in [-0.39, 0.29) is 24.0 Å². The summed E-state index contributed by atoms with van der Waals surface area (Å²) in [4.78, 5) is 6.63. The van der Waals surface area contributed by atoms with Crippen LogP contribution in [0.4, 0.5) is 0 Å². The second-order valence-corrected chi connectivity index (χ2v) is 5.13. The van der Waals surface area contributed by atoms with Crippen molar-refractivity contribution in [2.75, 3.05) is 33.9 Å². The number of methoxy groups -OCH3 is 1. The number of guanidine groups is 1. The molecule has 0 bridgehead atoms. The SMILES string of the molecule is CCNC(=NCCOC)N(C)Cc1ccc(Br)cc1.I. The van der Waals surface area contributed by atoms with Crippen molar-refractivity contribution in [2.24, 2.45) is 4.99 Å². The molecule has 0 saturated heterocycles. The lowest BCUT2D eigenvalue weighted by molar-refractivity contribution is 0.207. The summed E-state index contributed by atoms with van der Waals surface area (Å²) < 4.78 is 6.12. The van der Waals surface area contributed by atoms with Crippen molar-refractivity contribution in [3.8, 4) is 0 Å². The number of halogens is 2. The second-order valence-electron chi connectivity index (χ2n) is 4.21. The molecule has 0 amide bonds. The van der Waals surface area contributed by atoms with Gasteiger partial charge in [-0.25, -0.2) is 0 Å². The fourth-order valence-electron chi connectivity index (χ4n) is 1.65. The fourth-order valence-corrected chi connectivity index (χ4v) is 1.92. The first kappa shape index (κ1) is 19.7. The van der Waals surface area contributed by atoms with Crippen LogP contribution < -0.4 is 5.32 Å². The van der Waals surface area contributed by atoms with Crippen LogP contribution in [-0.4, -0.2) is 44.7 Å². The van der Waals surface area contributed by atoms with Crippen LogP contribution in [0.1, 0.15) is 12.5 Å².